The van der Waals surface area contributed by atoms with E-state index in [1.165, 1.54) is 4.90 Å². The highest BCUT2D eigenvalue weighted by Crippen LogP contribution is 2.02. The topological polar surface area (TPSA) is 44.1 Å². The Morgan fingerprint density at radius 2 is 2.20 bits per heavy atom. The Kier molecular flexibility index (Phi) is 3.48. The minimum atomic E-state index is -0.463. The first-order chi connectivity index (χ1) is 4.63. The molecule has 0 rings (SSSR count). The van der Waals surface area contributed by atoms with Crippen LogP contribution in [0.25, 0.3) is 0 Å². The largest absolute Gasteiger partial charge is 0.348 e. The SMILES string of the molecule is CCC(C#N)C(=O)N(C)C. The van der Waals surface area contributed by atoms with Gasteiger partial charge >= 0.3 is 0 Å². The summed E-state index contributed by atoms with van der Waals surface area (Å²) in [6.45, 7) is 1.83. The summed E-state index contributed by atoms with van der Waals surface area (Å²) in [7, 11) is 3.31. The van der Waals surface area contributed by atoms with Crippen molar-refractivity contribution in [2.75, 3.05) is 14.1 Å². The summed E-state index contributed by atoms with van der Waals surface area (Å²) in [6, 6.07) is 1.94. The molecule has 1 atom stereocenters. The van der Waals surface area contributed by atoms with Crippen LogP contribution in [0.4, 0.5) is 0 Å². The second-order valence-electron chi connectivity index (χ2n) is 2.32. The fraction of sp³-hybridized carbons (Fsp3) is 0.714. The van der Waals surface area contributed by atoms with Gasteiger partial charge in [-0.2, -0.15) is 5.26 Å². The zero-order valence-corrected chi connectivity index (χ0v) is 6.59. The smallest absolute Gasteiger partial charge is 0.239 e. The molecule has 0 bridgehead atoms. The molecule has 1 amide bonds. The number of nitriles is 1. The molecule has 0 aliphatic carbocycles. The molecule has 0 aromatic heterocycles. The van der Waals surface area contributed by atoms with Gasteiger partial charge in [0.25, 0.3) is 0 Å². The highest BCUT2D eigenvalue weighted by molar-refractivity contribution is 5.80. The molecule has 0 aromatic rings. The van der Waals surface area contributed by atoms with E-state index in [1.54, 1.807) is 14.1 Å². The van der Waals surface area contributed by atoms with Crippen LogP contribution in [0.15, 0.2) is 0 Å². The third-order valence-electron chi connectivity index (χ3n) is 1.30. The van der Waals surface area contributed by atoms with E-state index in [0.717, 1.165) is 0 Å². The third kappa shape index (κ3) is 2.06. The lowest BCUT2D eigenvalue weighted by molar-refractivity contribution is -0.131. The first-order valence-corrected chi connectivity index (χ1v) is 3.24. The summed E-state index contributed by atoms with van der Waals surface area (Å²) >= 11 is 0. The Bertz CT molecular complexity index is 157. The van der Waals surface area contributed by atoms with Crippen molar-refractivity contribution >= 4 is 5.91 Å². The highest BCUT2D eigenvalue weighted by atomic mass is 16.2. The summed E-state index contributed by atoms with van der Waals surface area (Å²) in [5.41, 5.74) is 0. The molecular weight excluding hydrogens is 128 g/mol. The van der Waals surface area contributed by atoms with E-state index in [1.807, 2.05) is 13.0 Å². The zero-order chi connectivity index (χ0) is 8.15. The first kappa shape index (κ1) is 8.96. The molecule has 3 nitrogen and oxygen atoms in total. The molecule has 0 radical (unpaired) electrons. The molecule has 56 valence electrons. The Labute approximate surface area is 61.2 Å². The van der Waals surface area contributed by atoms with Crippen LogP contribution in [-0.2, 0) is 4.79 Å². The van der Waals surface area contributed by atoms with E-state index in [2.05, 4.69) is 0 Å². The third-order valence-corrected chi connectivity index (χ3v) is 1.30. The second kappa shape index (κ2) is 3.89. The van der Waals surface area contributed by atoms with E-state index in [-0.39, 0.29) is 5.91 Å². The van der Waals surface area contributed by atoms with E-state index >= 15 is 0 Å². The van der Waals surface area contributed by atoms with Crippen LogP contribution in [0.1, 0.15) is 13.3 Å². The van der Waals surface area contributed by atoms with Gasteiger partial charge in [-0.1, -0.05) is 6.92 Å². The molecule has 0 aromatic carbocycles. The molecule has 0 saturated carbocycles. The van der Waals surface area contributed by atoms with Crippen LogP contribution in [-0.4, -0.2) is 24.9 Å². The van der Waals surface area contributed by atoms with Crippen molar-refractivity contribution in [3.63, 3.8) is 0 Å². The van der Waals surface area contributed by atoms with Crippen LogP contribution in [0.3, 0.4) is 0 Å². The van der Waals surface area contributed by atoms with Crippen molar-refractivity contribution in [1.29, 1.82) is 5.26 Å². The van der Waals surface area contributed by atoms with Gasteiger partial charge in [0.1, 0.15) is 5.92 Å². The number of rotatable bonds is 2. The number of hydrogen-bond donors (Lipinski definition) is 0. The lowest BCUT2D eigenvalue weighted by Crippen LogP contribution is -2.28. The Morgan fingerprint density at radius 3 is 2.30 bits per heavy atom. The Hall–Kier alpha value is -1.04. The second-order valence-corrected chi connectivity index (χ2v) is 2.32. The number of amides is 1. The van der Waals surface area contributed by atoms with Crippen molar-refractivity contribution in [2.24, 2.45) is 5.92 Å². The standard InChI is InChI=1S/C7H12N2O/c1-4-6(5-8)7(10)9(2)3/h6H,4H2,1-3H3. The van der Waals surface area contributed by atoms with Crippen molar-refractivity contribution in [3.8, 4) is 6.07 Å². The van der Waals surface area contributed by atoms with Gasteiger partial charge in [-0.05, 0) is 6.42 Å². The maximum Gasteiger partial charge on any atom is 0.239 e. The van der Waals surface area contributed by atoms with E-state index in [0.29, 0.717) is 6.42 Å². The number of nitrogens with zero attached hydrogens (tertiary/aromatic N) is 2. The molecular formula is C7H12N2O. The molecule has 0 fully saturated rings. The normalized spacial score (nSPS) is 11.8. The fourth-order valence-corrected chi connectivity index (χ4v) is 0.633. The fourth-order valence-electron chi connectivity index (χ4n) is 0.633. The van der Waals surface area contributed by atoms with E-state index in [4.69, 9.17) is 5.26 Å². The lowest BCUT2D eigenvalue weighted by atomic mass is 10.1. The van der Waals surface area contributed by atoms with Crippen LogP contribution >= 0.6 is 0 Å². The van der Waals surface area contributed by atoms with E-state index < -0.39 is 5.92 Å². The maximum atomic E-state index is 11.0. The summed E-state index contributed by atoms with van der Waals surface area (Å²) in [6.07, 6.45) is 0.591. The summed E-state index contributed by atoms with van der Waals surface area (Å²) < 4.78 is 0. The van der Waals surface area contributed by atoms with Gasteiger partial charge < -0.3 is 4.90 Å². The molecule has 0 aliphatic heterocycles. The molecule has 0 saturated heterocycles. The summed E-state index contributed by atoms with van der Waals surface area (Å²) in [4.78, 5) is 12.5. The predicted molar refractivity (Wildman–Crippen MR) is 38.1 cm³/mol. The predicted octanol–water partition coefficient (Wildman–Crippen LogP) is 0.624. The van der Waals surface area contributed by atoms with Gasteiger partial charge in [0.05, 0.1) is 6.07 Å². The van der Waals surface area contributed by atoms with Crippen LogP contribution in [0, 0.1) is 17.2 Å². The minimum Gasteiger partial charge on any atom is -0.348 e. The number of carbonyl (C=O) groups is 1. The average Bonchev–Trinajstić information content (AvgIpc) is 1.90. The Balaban J connectivity index is 4.06. The number of hydrogen-bond acceptors (Lipinski definition) is 2. The molecule has 10 heavy (non-hydrogen) atoms. The van der Waals surface area contributed by atoms with Gasteiger partial charge in [0.2, 0.25) is 5.91 Å². The van der Waals surface area contributed by atoms with Gasteiger partial charge in [-0.15, -0.1) is 0 Å². The van der Waals surface area contributed by atoms with Crippen LogP contribution in [0.5, 0.6) is 0 Å². The van der Waals surface area contributed by atoms with Crippen molar-refractivity contribution in [2.45, 2.75) is 13.3 Å². The van der Waals surface area contributed by atoms with Crippen molar-refractivity contribution in [3.05, 3.63) is 0 Å². The maximum absolute atomic E-state index is 11.0. The van der Waals surface area contributed by atoms with Crippen molar-refractivity contribution in [1.82, 2.24) is 4.90 Å². The lowest BCUT2D eigenvalue weighted by Gasteiger charge is -2.12. The highest BCUT2D eigenvalue weighted by Gasteiger charge is 2.16. The summed E-state index contributed by atoms with van der Waals surface area (Å²) in [5, 5.41) is 8.45. The van der Waals surface area contributed by atoms with Gasteiger partial charge in [0, 0.05) is 14.1 Å². The molecule has 0 heterocycles. The van der Waals surface area contributed by atoms with Gasteiger partial charge in [-0.3, -0.25) is 4.79 Å². The molecule has 3 heteroatoms. The van der Waals surface area contributed by atoms with Crippen molar-refractivity contribution < 1.29 is 4.79 Å². The molecule has 0 spiro atoms. The van der Waals surface area contributed by atoms with Crippen LogP contribution < -0.4 is 0 Å². The minimum absolute atomic E-state index is 0.106. The quantitative estimate of drug-likeness (QED) is 0.564. The summed E-state index contributed by atoms with van der Waals surface area (Å²) in [5.74, 6) is -0.569. The first-order valence-electron chi connectivity index (χ1n) is 3.24. The molecule has 0 aliphatic rings. The van der Waals surface area contributed by atoms with E-state index in [9.17, 15) is 4.79 Å². The van der Waals surface area contributed by atoms with Gasteiger partial charge in [-0.25, -0.2) is 0 Å². The molecule has 0 N–H and O–H groups in total. The number of carbonyl (C=O) groups excluding carboxylic acids is 1. The monoisotopic (exact) mass is 140 g/mol. The Morgan fingerprint density at radius 1 is 1.70 bits per heavy atom. The zero-order valence-electron chi connectivity index (χ0n) is 6.59. The average molecular weight is 140 g/mol. The molecule has 1 unspecified atom stereocenters. The van der Waals surface area contributed by atoms with Gasteiger partial charge in [0.15, 0.2) is 0 Å². The van der Waals surface area contributed by atoms with Crippen LogP contribution in [0.2, 0.25) is 0 Å².